The maximum Gasteiger partial charge on any atom is 0.249 e. The Morgan fingerprint density at radius 2 is 2.00 bits per heavy atom. The quantitative estimate of drug-likeness (QED) is 0.733. The SMILES string of the molecule is CCCOc1ccc(/C=C/C(=O)Nc2cc(C)nn2C(C)(C)C)cc1OC. The minimum Gasteiger partial charge on any atom is -0.493 e. The van der Waals surface area contributed by atoms with Crippen molar-refractivity contribution in [3.8, 4) is 11.5 Å². The van der Waals surface area contributed by atoms with Crippen LogP contribution in [0.25, 0.3) is 6.08 Å². The second kappa shape index (κ2) is 8.75. The number of aryl methyl sites for hydroxylation is 1. The van der Waals surface area contributed by atoms with E-state index in [2.05, 4.69) is 17.3 Å². The van der Waals surface area contributed by atoms with Crippen molar-refractivity contribution in [1.29, 1.82) is 0 Å². The lowest BCUT2D eigenvalue weighted by Gasteiger charge is -2.22. The molecule has 0 aliphatic heterocycles. The lowest BCUT2D eigenvalue weighted by molar-refractivity contribution is -0.111. The molecule has 2 rings (SSSR count). The number of rotatable bonds is 7. The second-order valence-corrected chi connectivity index (χ2v) is 7.33. The molecule has 0 spiro atoms. The van der Waals surface area contributed by atoms with Crippen molar-refractivity contribution >= 4 is 17.8 Å². The third-order valence-corrected chi connectivity index (χ3v) is 3.79. The van der Waals surface area contributed by atoms with Crippen LogP contribution in [-0.4, -0.2) is 29.4 Å². The van der Waals surface area contributed by atoms with Crippen molar-refractivity contribution in [2.45, 2.75) is 46.6 Å². The van der Waals surface area contributed by atoms with Gasteiger partial charge in [-0.05, 0) is 57.9 Å². The molecule has 0 fully saturated rings. The molecule has 0 atom stereocenters. The molecule has 1 aromatic heterocycles. The molecule has 0 aliphatic carbocycles. The van der Waals surface area contributed by atoms with Crippen molar-refractivity contribution in [3.63, 3.8) is 0 Å². The minimum absolute atomic E-state index is 0.217. The molecule has 146 valence electrons. The molecule has 6 heteroatoms. The van der Waals surface area contributed by atoms with Crippen molar-refractivity contribution in [3.05, 3.63) is 41.6 Å². The Bertz CT molecular complexity index is 817. The number of amides is 1. The number of hydrogen-bond donors (Lipinski definition) is 1. The summed E-state index contributed by atoms with van der Waals surface area (Å²) in [6, 6.07) is 7.45. The molecule has 2 aromatic rings. The average molecular weight is 371 g/mol. The van der Waals surface area contributed by atoms with Crippen LogP contribution in [0.1, 0.15) is 45.4 Å². The van der Waals surface area contributed by atoms with E-state index in [-0.39, 0.29) is 11.4 Å². The van der Waals surface area contributed by atoms with Crippen LogP contribution >= 0.6 is 0 Å². The van der Waals surface area contributed by atoms with Gasteiger partial charge < -0.3 is 14.8 Å². The molecular weight excluding hydrogens is 342 g/mol. The standard InChI is InChI=1S/C21H29N3O3/c1-7-12-27-17-10-8-16(14-18(17)26-6)9-11-20(25)22-19-13-15(2)23-24(19)21(3,4)5/h8-11,13-14H,7,12H2,1-6H3,(H,22,25)/b11-9+. The fourth-order valence-electron chi connectivity index (χ4n) is 2.56. The summed E-state index contributed by atoms with van der Waals surface area (Å²) < 4.78 is 12.8. The van der Waals surface area contributed by atoms with Crippen LogP contribution in [0.2, 0.25) is 0 Å². The summed E-state index contributed by atoms with van der Waals surface area (Å²) in [6.07, 6.45) is 4.17. The molecule has 1 heterocycles. The van der Waals surface area contributed by atoms with Gasteiger partial charge in [-0.1, -0.05) is 13.0 Å². The van der Waals surface area contributed by atoms with Crippen molar-refractivity contribution in [2.24, 2.45) is 0 Å². The van der Waals surface area contributed by atoms with Gasteiger partial charge >= 0.3 is 0 Å². The fraction of sp³-hybridized carbons (Fsp3) is 0.429. The summed E-state index contributed by atoms with van der Waals surface area (Å²) in [5, 5.41) is 7.35. The van der Waals surface area contributed by atoms with Gasteiger partial charge in [0.2, 0.25) is 5.91 Å². The van der Waals surface area contributed by atoms with Gasteiger partial charge in [-0.25, -0.2) is 4.68 Å². The molecule has 27 heavy (non-hydrogen) atoms. The molecule has 0 aliphatic rings. The van der Waals surface area contributed by atoms with Crippen molar-refractivity contribution < 1.29 is 14.3 Å². The van der Waals surface area contributed by atoms with Crippen LogP contribution in [0.3, 0.4) is 0 Å². The van der Waals surface area contributed by atoms with E-state index < -0.39 is 0 Å². The van der Waals surface area contributed by atoms with Gasteiger partial charge in [-0.2, -0.15) is 5.10 Å². The van der Waals surface area contributed by atoms with Crippen LogP contribution in [0.4, 0.5) is 5.82 Å². The molecule has 0 bridgehead atoms. The van der Waals surface area contributed by atoms with E-state index in [0.29, 0.717) is 23.9 Å². The van der Waals surface area contributed by atoms with Crippen LogP contribution in [0.5, 0.6) is 11.5 Å². The lowest BCUT2D eigenvalue weighted by atomic mass is 10.1. The third-order valence-electron chi connectivity index (χ3n) is 3.79. The highest BCUT2D eigenvalue weighted by molar-refractivity contribution is 6.01. The van der Waals surface area contributed by atoms with E-state index in [4.69, 9.17) is 9.47 Å². The van der Waals surface area contributed by atoms with Gasteiger partial charge in [-0.15, -0.1) is 0 Å². The number of benzene rings is 1. The van der Waals surface area contributed by atoms with E-state index in [1.807, 2.05) is 56.6 Å². The van der Waals surface area contributed by atoms with Gasteiger partial charge in [0.15, 0.2) is 11.5 Å². The third kappa shape index (κ3) is 5.61. The molecule has 6 nitrogen and oxygen atoms in total. The van der Waals surface area contributed by atoms with E-state index in [0.717, 1.165) is 17.7 Å². The Kier molecular flexibility index (Phi) is 6.66. The summed E-state index contributed by atoms with van der Waals surface area (Å²) in [4.78, 5) is 12.3. The first kappa shape index (κ1) is 20.6. The van der Waals surface area contributed by atoms with Gasteiger partial charge in [-0.3, -0.25) is 4.79 Å². The number of methoxy groups -OCH3 is 1. The largest absolute Gasteiger partial charge is 0.493 e. The molecule has 0 radical (unpaired) electrons. The van der Waals surface area contributed by atoms with Crippen LogP contribution in [0, 0.1) is 6.92 Å². The molecule has 1 amide bonds. The lowest BCUT2D eigenvalue weighted by Crippen LogP contribution is -2.26. The van der Waals surface area contributed by atoms with E-state index in [1.54, 1.807) is 13.2 Å². The zero-order valence-corrected chi connectivity index (χ0v) is 17.0. The maximum absolute atomic E-state index is 12.3. The zero-order valence-electron chi connectivity index (χ0n) is 17.0. The normalized spacial score (nSPS) is 11.6. The summed E-state index contributed by atoms with van der Waals surface area (Å²) in [5.74, 6) is 1.80. The summed E-state index contributed by atoms with van der Waals surface area (Å²) >= 11 is 0. The Morgan fingerprint density at radius 3 is 2.63 bits per heavy atom. The Balaban J connectivity index is 2.11. The number of anilines is 1. The molecule has 0 saturated heterocycles. The number of nitrogens with zero attached hydrogens (tertiary/aromatic N) is 2. The number of aromatic nitrogens is 2. The molecular formula is C21H29N3O3. The van der Waals surface area contributed by atoms with Gasteiger partial charge in [0.05, 0.1) is 24.9 Å². The molecule has 0 saturated carbocycles. The highest BCUT2D eigenvalue weighted by Gasteiger charge is 2.19. The average Bonchev–Trinajstić information content (AvgIpc) is 2.99. The monoisotopic (exact) mass is 371 g/mol. The molecule has 0 unspecified atom stereocenters. The summed E-state index contributed by atoms with van der Waals surface area (Å²) in [5.41, 5.74) is 1.49. The smallest absolute Gasteiger partial charge is 0.249 e. The zero-order chi connectivity index (χ0) is 20.0. The van der Waals surface area contributed by atoms with Crippen LogP contribution < -0.4 is 14.8 Å². The Labute approximate surface area is 161 Å². The number of ether oxygens (including phenoxy) is 2. The highest BCUT2D eigenvalue weighted by atomic mass is 16.5. The predicted octanol–water partition coefficient (Wildman–Crippen LogP) is 4.40. The Morgan fingerprint density at radius 1 is 1.26 bits per heavy atom. The highest BCUT2D eigenvalue weighted by Crippen LogP contribution is 2.28. The topological polar surface area (TPSA) is 65.4 Å². The first-order valence-corrected chi connectivity index (χ1v) is 9.11. The number of carbonyl (C=O) groups excluding carboxylic acids is 1. The molecule has 1 aromatic carbocycles. The van der Waals surface area contributed by atoms with E-state index in [1.165, 1.54) is 6.08 Å². The van der Waals surface area contributed by atoms with Crippen molar-refractivity contribution in [1.82, 2.24) is 9.78 Å². The van der Waals surface area contributed by atoms with Crippen LogP contribution in [0.15, 0.2) is 30.3 Å². The predicted molar refractivity (Wildman–Crippen MR) is 108 cm³/mol. The fourth-order valence-corrected chi connectivity index (χ4v) is 2.56. The number of nitrogens with one attached hydrogen (secondary N) is 1. The number of carbonyl (C=O) groups is 1. The summed E-state index contributed by atoms with van der Waals surface area (Å²) in [6.45, 7) is 10.7. The second-order valence-electron chi connectivity index (χ2n) is 7.33. The Hall–Kier alpha value is -2.76. The minimum atomic E-state index is -0.220. The summed E-state index contributed by atoms with van der Waals surface area (Å²) in [7, 11) is 1.60. The van der Waals surface area contributed by atoms with Gasteiger partial charge in [0.25, 0.3) is 0 Å². The van der Waals surface area contributed by atoms with E-state index in [9.17, 15) is 4.79 Å². The molecule has 1 N–H and O–H groups in total. The first-order valence-electron chi connectivity index (χ1n) is 9.11. The first-order chi connectivity index (χ1) is 12.7. The van der Waals surface area contributed by atoms with Gasteiger partial charge in [0, 0.05) is 12.1 Å². The maximum atomic E-state index is 12.3. The van der Waals surface area contributed by atoms with E-state index >= 15 is 0 Å². The number of hydrogen-bond acceptors (Lipinski definition) is 4. The van der Waals surface area contributed by atoms with Gasteiger partial charge in [0.1, 0.15) is 5.82 Å². The van der Waals surface area contributed by atoms with Crippen LogP contribution in [-0.2, 0) is 10.3 Å². The van der Waals surface area contributed by atoms with Crippen molar-refractivity contribution in [2.75, 3.05) is 19.0 Å².